The molecule has 0 aliphatic carbocycles. The molecule has 14 heavy (non-hydrogen) atoms. The molecule has 0 amide bonds. The highest BCUT2D eigenvalue weighted by atomic mass is 19.3. The Morgan fingerprint density at radius 3 is 2.43 bits per heavy atom. The van der Waals surface area contributed by atoms with E-state index in [2.05, 4.69) is 4.98 Å². The van der Waals surface area contributed by atoms with Gasteiger partial charge in [0.2, 0.25) is 0 Å². The molecule has 1 unspecified atom stereocenters. The SMILES string of the molecule is CCC(n1ccnc1)C(F)(F)C(F)F. The van der Waals surface area contributed by atoms with Crippen LogP contribution in [0.25, 0.3) is 0 Å². The minimum Gasteiger partial charge on any atom is -0.328 e. The smallest absolute Gasteiger partial charge is 0.327 e. The van der Waals surface area contributed by atoms with Crippen LogP contribution in [-0.4, -0.2) is 21.9 Å². The van der Waals surface area contributed by atoms with Crippen LogP contribution in [0.1, 0.15) is 19.4 Å². The van der Waals surface area contributed by atoms with Crippen LogP contribution in [-0.2, 0) is 0 Å². The van der Waals surface area contributed by atoms with Crippen molar-refractivity contribution in [3.8, 4) is 0 Å². The van der Waals surface area contributed by atoms with Crippen molar-refractivity contribution in [1.82, 2.24) is 9.55 Å². The van der Waals surface area contributed by atoms with Crippen molar-refractivity contribution in [3.63, 3.8) is 0 Å². The molecule has 0 N–H and O–H groups in total. The van der Waals surface area contributed by atoms with Crippen molar-refractivity contribution in [3.05, 3.63) is 18.7 Å². The summed E-state index contributed by atoms with van der Waals surface area (Å²) in [5.74, 6) is -4.02. The summed E-state index contributed by atoms with van der Waals surface area (Å²) in [5, 5.41) is 0. The molecule has 0 spiro atoms. The van der Waals surface area contributed by atoms with E-state index in [-0.39, 0.29) is 6.42 Å². The summed E-state index contributed by atoms with van der Waals surface area (Å²) >= 11 is 0. The van der Waals surface area contributed by atoms with Gasteiger partial charge in [0, 0.05) is 12.4 Å². The first kappa shape index (κ1) is 11.0. The van der Waals surface area contributed by atoms with Gasteiger partial charge in [-0.1, -0.05) is 6.92 Å². The van der Waals surface area contributed by atoms with E-state index in [0.717, 1.165) is 10.9 Å². The summed E-state index contributed by atoms with van der Waals surface area (Å²) in [6, 6.07) is -1.54. The second kappa shape index (κ2) is 3.98. The highest BCUT2D eigenvalue weighted by Gasteiger charge is 2.48. The standard InChI is InChI=1S/C8H10F4N2/c1-2-6(8(11,12)7(9)10)14-4-3-13-5-14/h3-7H,2H2,1H3. The molecule has 1 aromatic rings. The van der Waals surface area contributed by atoms with Gasteiger partial charge in [-0.2, -0.15) is 8.78 Å². The zero-order valence-corrected chi connectivity index (χ0v) is 7.50. The van der Waals surface area contributed by atoms with E-state index < -0.39 is 18.4 Å². The van der Waals surface area contributed by atoms with Crippen molar-refractivity contribution < 1.29 is 17.6 Å². The van der Waals surface area contributed by atoms with Crippen molar-refractivity contribution in [2.45, 2.75) is 31.7 Å². The van der Waals surface area contributed by atoms with Gasteiger partial charge in [0.05, 0.1) is 6.33 Å². The molecule has 0 aliphatic rings. The number of halogens is 4. The van der Waals surface area contributed by atoms with E-state index in [1.807, 2.05) is 0 Å². The van der Waals surface area contributed by atoms with Crippen LogP contribution in [0, 0.1) is 0 Å². The molecular weight excluding hydrogens is 200 g/mol. The topological polar surface area (TPSA) is 17.8 Å². The Morgan fingerprint density at radius 2 is 2.07 bits per heavy atom. The van der Waals surface area contributed by atoms with Gasteiger partial charge in [-0.05, 0) is 6.42 Å². The normalized spacial score (nSPS) is 14.7. The lowest BCUT2D eigenvalue weighted by atomic mass is 10.1. The highest BCUT2D eigenvalue weighted by Crippen LogP contribution is 2.36. The molecule has 0 fully saturated rings. The van der Waals surface area contributed by atoms with E-state index in [1.165, 1.54) is 19.3 Å². The monoisotopic (exact) mass is 210 g/mol. The minimum atomic E-state index is -4.02. The predicted octanol–water partition coefficient (Wildman–Crippen LogP) is 2.73. The molecule has 6 heteroatoms. The fourth-order valence-electron chi connectivity index (χ4n) is 1.28. The third-order valence-corrected chi connectivity index (χ3v) is 2.01. The molecular formula is C8H10F4N2. The average molecular weight is 210 g/mol. The summed E-state index contributed by atoms with van der Waals surface area (Å²) in [5.41, 5.74) is 0. The Balaban J connectivity index is 2.92. The lowest BCUT2D eigenvalue weighted by Crippen LogP contribution is -2.37. The fraction of sp³-hybridized carbons (Fsp3) is 0.625. The summed E-state index contributed by atoms with van der Waals surface area (Å²) in [6.07, 6.45) is -0.0813. The molecule has 0 bridgehead atoms. The van der Waals surface area contributed by atoms with Crippen LogP contribution in [0.3, 0.4) is 0 Å². The molecule has 1 heterocycles. The van der Waals surface area contributed by atoms with Crippen molar-refractivity contribution >= 4 is 0 Å². The number of hydrogen-bond acceptors (Lipinski definition) is 1. The van der Waals surface area contributed by atoms with Crippen molar-refractivity contribution in [1.29, 1.82) is 0 Å². The van der Waals surface area contributed by atoms with Gasteiger partial charge in [-0.3, -0.25) is 0 Å². The van der Waals surface area contributed by atoms with Crippen molar-refractivity contribution in [2.24, 2.45) is 0 Å². The van der Waals surface area contributed by atoms with Crippen LogP contribution in [0.5, 0.6) is 0 Å². The number of rotatable bonds is 4. The molecule has 0 aromatic carbocycles. The van der Waals surface area contributed by atoms with Gasteiger partial charge in [-0.15, -0.1) is 0 Å². The molecule has 2 nitrogen and oxygen atoms in total. The number of aromatic nitrogens is 2. The lowest BCUT2D eigenvalue weighted by molar-refractivity contribution is -0.160. The second-order valence-corrected chi connectivity index (χ2v) is 2.91. The summed E-state index contributed by atoms with van der Waals surface area (Å²) < 4.78 is 51.1. The number of alkyl halides is 4. The van der Waals surface area contributed by atoms with Crippen LogP contribution in [0.4, 0.5) is 17.6 Å². The summed E-state index contributed by atoms with van der Waals surface area (Å²) in [4.78, 5) is 3.55. The quantitative estimate of drug-likeness (QED) is 0.698. The molecule has 80 valence electrons. The average Bonchev–Trinajstić information content (AvgIpc) is 2.57. The molecule has 1 rings (SSSR count). The molecule has 0 aliphatic heterocycles. The van der Waals surface area contributed by atoms with Crippen LogP contribution in [0.15, 0.2) is 18.7 Å². The maximum atomic E-state index is 13.0. The largest absolute Gasteiger partial charge is 0.328 e. The van der Waals surface area contributed by atoms with Gasteiger partial charge in [0.1, 0.15) is 6.04 Å². The van der Waals surface area contributed by atoms with Crippen LogP contribution < -0.4 is 0 Å². The van der Waals surface area contributed by atoms with Crippen LogP contribution >= 0.6 is 0 Å². The first-order valence-corrected chi connectivity index (χ1v) is 4.13. The Bertz CT molecular complexity index is 271. The Labute approximate surface area is 78.6 Å². The fourth-order valence-corrected chi connectivity index (χ4v) is 1.28. The summed E-state index contributed by atoms with van der Waals surface area (Å²) in [6.45, 7) is 1.43. The maximum Gasteiger partial charge on any atom is 0.327 e. The Hall–Kier alpha value is -1.07. The maximum absolute atomic E-state index is 13.0. The Kier molecular flexibility index (Phi) is 3.13. The second-order valence-electron chi connectivity index (χ2n) is 2.91. The highest BCUT2D eigenvalue weighted by molar-refractivity contribution is 4.89. The van der Waals surface area contributed by atoms with E-state index in [0.29, 0.717) is 0 Å². The van der Waals surface area contributed by atoms with Gasteiger partial charge < -0.3 is 4.57 Å². The zero-order valence-electron chi connectivity index (χ0n) is 7.50. The van der Waals surface area contributed by atoms with E-state index >= 15 is 0 Å². The van der Waals surface area contributed by atoms with E-state index in [4.69, 9.17) is 0 Å². The number of hydrogen-bond donors (Lipinski definition) is 0. The third-order valence-electron chi connectivity index (χ3n) is 2.01. The molecule has 0 saturated carbocycles. The molecule has 0 radical (unpaired) electrons. The van der Waals surface area contributed by atoms with Gasteiger partial charge in [0.25, 0.3) is 0 Å². The number of nitrogens with zero attached hydrogens (tertiary/aromatic N) is 2. The van der Waals surface area contributed by atoms with E-state index in [9.17, 15) is 17.6 Å². The van der Waals surface area contributed by atoms with E-state index in [1.54, 1.807) is 0 Å². The molecule has 1 aromatic heterocycles. The molecule has 0 saturated heterocycles. The van der Waals surface area contributed by atoms with Crippen LogP contribution in [0.2, 0.25) is 0 Å². The zero-order chi connectivity index (χ0) is 10.8. The van der Waals surface area contributed by atoms with Crippen molar-refractivity contribution in [2.75, 3.05) is 0 Å². The minimum absolute atomic E-state index is 0.0757. The van der Waals surface area contributed by atoms with Gasteiger partial charge in [0.15, 0.2) is 0 Å². The molecule has 1 atom stereocenters. The number of imidazole rings is 1. The predicted molar refractivity (Wildman–Crippen MR) is 42.5 cm³/mol. The Morgan fingerprint density at radius 1 is 1.43 bits per heavy atom. The summed E-state index contributed by atoms with van der Waals surface area (Å²) in [7, 11) is 0. The first-order valence-electron chi connectivity index (χ1n) is 4.13. The lowest BCUT2D eigenvalue weighted by Gasteiger charge is -2.25. The van der Waals surface area contributed by atoms with Gasteiger partial charge in [-0.25, -0.2) is 13.8 Å². The van der Waals surface area contributed by atoms with Gasteiger partial charge >= 0.3 is 12.3 Å². The third kappa shape index (κ3) is 1.88. The first-order chi connectivity index (χ1) is 6.50.